The maximum atomic E-state index is 12.5. The van der Waals surface area contributed by atoms with Gasteiger partial charge in [0.15, 0.2) is 0 Å². The normalized spacial score (nSPS) is 11.9. The zero-order valence-corrected chi connectivity index (χ0v) is 11.2. The number of rotatable bonds is 5. The molecule has 1 N–H and O–H groups in total. The number of pyridine rings is 1. The van der Waals surface area contributed by atoms with E-state index in [2.05, 4.69) is 4.98 Å². The number of thioether (sulfide) groups is 1. The molecule has 0 atom stereocenters. The topological polar surface area (TPSA) is 53.4 Å². The van der Waals surface area contributed by atoms with Crippen LogP contribution in [0.2, 0.25) is 0 Å². The monoisotopic (exact) mass is 294 g/mol. The molecule has 0 aliphatic heterocycles. The Kier molecular flexibility index (Phi) is 5.19. The number of aromatic carboxylic acids is 1. The molecule has 0 bridgehead atoms. The molecular weight excluding hydrogens is 281 g/mol. The highest BCUT2D eigenvalue weighted by Crippen LogP contribution is 2.30. The largest absolute Gasteiger partial charge is 0.478 e. The summed E-state index contributed by atoms with van der Waals surface area (Å²) in [7, 11) is 3.64. The molecule has 0 unspecified atom stereocenters. The number of carboxylic acid groups (broad SMARTS) is 1. The number of hydrogen-bond donors (Lipinski definition) is 1. The van der Waals surface area contributed by atoms with Gasteiger partial charge in [-0.25, -0.2) is 9.78 Å². The maximum absolute atomic E-state index is 12.5. The minimum Gasteiger partial charge on any atom is -0.478 e. The van der Waals surface area contributed by atoms with Crippen molar-refractivity contribution in [3.63, 3.8) is 0 Å². The Labute approximate surface area is 112 Å². The molecule has 0 aromatic carbocycles. The number of hydrogen-bond acceptors (Lipinski definition) is 4. The van der Waals surface area contributed by atoms with Gasteiger partial charge in [0.25, 0.3) is 0 Å². The molecule has 106 valence electrons. The lowest BCUT2D eigenvalue weighted by atomic mass is 10.2. The zero-order valence-electron chi connectivity index (χ0n) is 10.4. The predicted octanol–water partition coefficient (Wildman–Crippen LogP) is 2.45. The quantitative estimate of drug-likeness (QED) is 0.845. The highest BCUT2D eigenvalue weighted by atomic mass is 32.2. The lowest BCUT2D eigenvalue weighted by Crippen LogP contribution is -2.16. The van der Waals surface area contributed by atoms with Crippen molar-refractivity contribution in [3.05, 3.63) is 23.4 Å². The van der Waals surface area contributed by atoms with Crippen molar-refractivity contribution in [2.75, 3.05) is 26.4 Å². The Morgan fingerprint density at radius 3 is 2.53 bits per heavy atom. The third-order valence-electron chi connectivity index (χ3n) is 2.16. The molecule has 0 saturated carbocycles. The molecule has 8 heteroatoms. The van der Waals surface area contributed by atoms with Crippen molar-refractivity contribution >= 4 is 17.7 Å². The second-order valence-corrected chi connectivity index (χ2v) is 5.09. The first kappa shape index (κ1) is 15.8. The van der Waals surface area contributed by atoms with E-state index in [1.807, 2.05) is 19.0 Å². The van der Waals surface area contributed by atoms with Crippen LogP contribution in [-0.4, -0.2) is 47.4 Å². The number of alkyl halides is 3. The average Bonchev–Trinajstić information content (AvgIpc) is 2.26. The van der Waals surface area contributed by atoms with Gasteiger partial charge in [0.2, 0.25) is 0 Å². The summed E-state index contributed by atoms with van der Waals surface area (Å²) in [6, 6.07) is 1.62. The first-order valence-corrected chi connectivity index (χ1v) is 6.29. The summed E-state index contributed by atoms with van der Waals surface area (Å²) in [5, 5.41) is 8.82. The Balaban J connectivity index is 2.99. The van der Waals surface area contributed by atoms with E-state index in [0.717, 1.165) is 17.8 Å². The van der Waals surface area contributed by atoms with Gasteiger partial charge in [-0.1, -0.05) is 0 Å². The van der Waals surface area contributed by atoms with Gasteiger partial charge in [0, 0.05) is 12.3 Å². The van der Waals surface area contributed by atoms with E-state index in [1.54, 1.807) is 0 Å². The van der Waals surface area contributed by atoms with E-state index in [1.165, 1.54) is 0 Å². The van der Waals surface area contributed by atoms with Crippen LogP contribution in [0.25, 0.3) is 0 Å². The zero-order chi connectivity index (χ0) is 14.6. The van der Waals surface area contributed by atoms with Gasteiger partial charge in [0.05, 0.1) is 5.56 Å². The molecule has 4 nitrogen and oxygen atoms in total. The van der Waals surface area contributed by atoms with Crippen molar-refractivity contribution in [3.8, 4) is 0 Å². The Morgan fingerprint density at radius 2 is 2.05 bits per heavy atom. The van der Waals surface area contributed by atoms with Crippen LogP contribution in [0.1, 0.15) is 16.1 Å². The Bertz CT molecular complexity index is 464. The summed E-state index contributed by atoms with van der Waals surface area (Å²) in [6.45, 7) is 0.613. The maximum Gasteiger partial charge on any atom is 0.433 e. The van der Waals surface area contributed by atoms with Crippen LogP contribution < -0.4 is 0 Å². The van der Waals surface area contributed by atoms with E-state index < -0.39 is 17.8 Å². The fourth-order valence-electron chi connectivity index (χ4n) is 1.20. The van der Waals surface area contributed by atoms with Crippen LogP contribution in [0.5, 0.6) is 0 Å². The van der Waals surface area contributed by atoms with Crippen molar-refractivity contribution in [2.24, 2.45) is 0 Å². The van der Waals surface area contributed by atoms with Crippen molar-refractivity contribution in [1.29, 1.82) is 0 Å². The fraction of sp³-hybridized carbons (Fsp3) is 0.455. The predicted molar refractivity (Wildman–Crippen MR) is 65.5 cm³/mol. The fourth-order valence-corrected chi connectivity index (χ4v) is 2.32. The van der Waals surface area contributed by atoms with Crippen molar-refractivity contribution in [1.82, 2.24) is 9.88 Å². The van der Waals surface area contributed by atoms with Gasteiger partial charge in [-0.2, -0.15) is 13.2 Å². The van der Waals surface area contributed by atoms with Crippen LogP contribution in [0.4, 0.5) is 13.2 Å². The summed E-state index contributed by atoms with van der Waals surface area (Å²) in [4.78, 5) is 16.2. The third-order valence-corrected chi connectivity index (χ3v) is 3.13. The highest BCUT2D eigenvalue weighted by molar-refractivity contribution is 7.99. The van der Waals surface area contributed by atoms with Gasteiger partial charge >= 0.3 is 12.1 Å². The van der Waals surface area contributed by atoms with Gasteiger partial charge < -0.3 is 10.0 Å². The van der Waals surface area contributed by atoms with E-state index in [4.69, 9.17) is 5.11 Å². The second-order valence-electron chi connectivity index (χ2n) is 4.00. The molecule has 0 saturated heterocycles. The van der Waals surface area contributed by atoms with Crippen molar-refractivity contribution in [2.45, 2.75) is 11.2 Å². The van der Waals surface area contributed by atoms with Gasteiger partial charge in [0.1, 0.15) is 10.7 Å². The van der Waals surface area contributed by atoms with E-state index in [-0.39, 0.29) is 10.6 Å². The molecule has 0 fully saturated rings. The Morgan fingerprint density at radius 1 is 1.42 bits per heavy atom. The minimum absolute atomic E-state index is 0.107. The van der Waals surface area contributed by atoms with E-state index in [9.17, 15) is 18.0 Å². The van der Waals surface area contributed by atoms with E-state index >= 15 is 0 Å². The molecule has 1 aromatic heterocycles. The standard InChI is InChI=1S/C11H13F3N2O2S/c1-16(2)5-6-19-9-7(10(17)18)3-4-8(15-9)11(12,13)14/h3-4H,5-6H2,1-2H3,(H,17,18). The molecule has 0 spiro atoms. The molecule has 0 aliphatic carbocycles. The Hall–Kier alpha value is -1.28. The summed E-state index contributed by atoms with van der Waals surface area (Å²) in [5.74, 6) is -0.824. The first-order valence-electron chi connectivity index (χ1n) is 5.31. The lowest BCUT2D eigenvalue weighted by molar-refractivity contribution is -0.141. The summed E-state index contributed by atoms with van der Waals surface area (Å²) < 4.78 is 37.6. The molecule has 0 aliphatic rings. The van der Waals surface area contributed by atoms with E-state index in [0.29, 0.717) is 18.4 Å². The molecule has 0 amide bonds. The number of nitrogens with zero attached hydrogens (tertiary/aromatic N) is 2. The molecule has 19 heavy (non-hydrogen) atoms. The minimum atomic E-state index is -4.58. The molecule has 0 radical (unpaired) electrons. The number of carbonyl (C=O) groups is 1. The molecular formula is C11H13F3N2O2S. The van der Waals surface area contributed by atoms with Crippen LogP contribution in [0.3, 0.4) is 0 Å². The van der Waals surface area contributed by atoms with Gasteiger partial charge in [-0.3, -0.25) is 0 Å². The summed E-state index contributed by atoms with van der Waals surface area (Å²) in [5.41, 5.74) is -1.29. The van der Waals surface area contributed by atoms with Crippen LogP contribution >= 0.6 is 11.8 Å². The van der Waals surface area contributed by atoms with Crippen LogP contribution in [0, 0.1) is 0 Å². The smallest absolute Gasteiger partial charge is 0.433 e. The van der Waals surface area contributed by atoms with Crippen LogP contribution in [-0.2, 0) is 6.18 Å². The third kappa shape index (κ3) is 4.71. The highest BCUT2D eigenvalue weighted by Gasteiger charge is 2.33. The molecule has 1 rings (SSSR count). The van der Waals surface area contributed by atoms with Gasteiger partial charge in [-0.05, 0) is 26.2 Å². The molecule has 1 aromatic rings. The number of carboxylic acids is 1. The summed E-state index contributed by atoms with van der Waals surface area (Å²) in [6.07, 6.45) is -4.58. The molecule has 1 heterocycles. The number of halogens is 3. The first-order chi connectivity index (χ1) is 8.71. The van der Waals surface area contributed by atoms with Crippen molar-refractivity contribution < 1.29 is 23.1 Å². The number of aromatic nitrogens is 1. The van der Waals surface area contributed by atoms with Crippen LogP contribution in [0.15, 0.2) is 17.2 Å². The lowest BCUT2D eigenvalue weighted by Gasteiger charge is -2.12. The van der Waals surface area contributed by atoms with Gasteiger partial charge in [-0.15, -0.1) is 11.8 Å². The SMILES string of the molecule is CN(C)CCSc1nc(C(F)(F)F)ccc1C(=O)O. The second kappa shape index (κ2) is 6.25. The summed E-state index contributed by atoms with van der Waals surface area (Å²) >= 11 is 1.00. The average molecular weight is 294 g/mol.